The smallest absolute Gasteiger partial charge is 0.187 e. The fourth-order valence-corrected chi connectivity index (χ4v) is 12.9. The molecule has 6 rings (SSSR count). The van der Waals surface area contributed by atoms with E-state index in [4.69, 9.17) is 18.9 Å². The van der Waals surface area contributed by atoms with Crippen LogP contribution in [-0.4, -0.2) is 128 Å². The Bertz CT molecular complexity index is 1380. The van der Waals surface area contributed by atoms with Crippen molar-refractivity contribution < 1.29 is 59.8 Å². The van der Waals surface area contributed by atoms with Gasteiger partial charge in [0.1, 0.15) is 48.8 Å². The van der Waals surface area contributed by atoms with Crippen molar-refractivity contribution in [2.75, 3.05) is 13.2 Å². The monoisotopic (exact) mass is 766 g/mol. The van der Waals surface area contributed by atoms with Gasteiger partial charge in [-0.1, -0.05) is 57.9 Å². The molecule has 4 saturated carbocycles. The zero-order valence-corrected chi connectivity index (χ0v) is 33.7. The molecule has 6 aliphatic rings. The third-order valence-corrected chi connectivity index (χ3v) is 16.1. The largest absolute Gasteiger partial charge is 0.394 e. The van der Waals surface area contributed by atoms with Crippen LogP contribution in [-0.2, 0) is 18.9 Å². The van der Waals surface area contributed by atoms with Crippen LogP contribution in [0, 0.1) is 45.3 Å². The summed E-state index contributed by atoms with van der Waals surface area (Å²) in [5.41, 5.74) is 2.29. The number of hydrogen-bond acceptors (Lipinski definition) is 12. The molecule has 0 amide bonds. The highest BCUT2D eigenvalue weighted by Gasteiger charge is 2.70. The highest BCUT2D eigenvalue weighted by molar-refractivity contribution is 5.23. The minimum absolute atomic E-state index is 0.00171. The molecule has 310 valence electrons. The molecule has 0 aromatic rings. The Balaban J connectivity index is 1.23. The average molecular weight is 767 g/mol. The normalized spacial score (nSPS) is 51.9. The van der Waals surface area contributed by atoms with Gasteiger partial charge in [0, 0.05) is 0 Å². The summed E-state index contributed by atoms with van der Waals surface area (Å²) in [5, 5.41) is 85.4. The Kier molecular flexibility index (Phi) is 12.3. The lowest BCUT2D eigenvalue weighted by molar-refractivity contribution is -0.378. The van der Waals surface area contributed by atoms with Crippen molar-refractivity contribution in [3.63, 3.8) is 0 Å². The lowest BCUT2D eigenvalue weighted by atomic mass is 9.35. The van der Waals surface area contributed by atoms with Crippen molar-refractivity contribution in [1.29, 1.82) is 0 Å². The molecular formula is C42H70O12. The topological polar surface area (TPSA) is 199 Å². The zero-order valence-electron chi connectivity index (χ0n) is 33.7. The second-order valence-electron chi connectivity index (χ2n) is 19.4. The number of ether oxygens (including phenoxy) is 4. The van der Waals surface area contributed by atoms with Gasteiger partial charge in [-0.3, -0.25) is 0 Å². The molecule has 0 aromatic heterocycles. The standard InChI is InChI=1S/C42H70O12/c1-21(2)10-9-11-22(3)23-12-16-42(8)30(23)24(45)18-28-40(6)15-14-29(39(4,5)27(40)13-17-41(28,42)7)53-38-36(34(49)32(47)26(20-44)52-38)54-37-35(50)33(48)31(46)25(19-43)51-37/h10-11,23-38,43-50H,9,12-20H2,1-8H3/b22-11+/t23-,24+,25+,26-,27-,28-,29+,30+,31-,32-,33+,34+,35-,36-,37-,38+,40+,41+,42-/m0/s1. The summed E-state index contributed by atoms with van der Waals surface area (Å²) in [6, 6.07) is 0. The van der Waals surface area contributed by atoms with Crippen molar-refractivity contribution >= 4 is 0 Å². The molecule has 2 heterocycles. The van der Waals surface area contributed by atoms with E-state index in [9.17, 15) is 40.9 Å². The van der Waals surface area contributed by atoms with Gasteiger partial charge in [0.25, 0.3) is 0 Å². The molecule has 0 bridgehead atoms. The fourth-order valence-electron chi connectivity index (χ4n) is 12.9. The number of aliphatic hydroxyl groups excluding tert-OH is 8. The minimum Gasteiger partial charge on any atom is -0.394 e. The Morgan fingerprint density at radius 2 is 1.28 bits per heavy atom. The van der Waals surface area contributed by atoms with E-state index in [-0.39, 0.29) is 40.3 Å². The van der Waals surface area contributed by atoms with E-state index >= 15 is 0 Å². The molecule has 4 aliphatic carbocycles. The first-order chi connectivity index (χ1) is 25.3. The van der Waals surface area contributed by atoms with Crippen LogP contribution in [0.1, 0.15) is 107 Å². The van der Waals surface area contributed by atoms with Crippen LogP contribution in [0.5, 0.6) is 0 Å². The SMILES string of the molecule is CC(C)=CC/C=C(\C)[C@@H]1CC[C@@]2(C)[C@H]1[C@H](O)C[C@H]1[C@]3(C)CC[C@@H](O[C@H]4O[C@@H](CO)[C@H](O)[C@@H](O)[C@@H]4O[C@@H]4O[C@H](CO)[C@H](O)[C@@H](O)[C@@H]4O)C(C)(C)[C@@H]3CC[C@]12C. The van der Waals surface area contributed by atoms with E-state index in [1.54, 1.807) is 0 Å². The van der Waals surface area contributed by atoms with E-state index in [1.165, 1.54) is 11.1 Å². The molecular weight excluding hydrogens is 696 g/mol. The molecule has 12 heteroatoms. The van der Waals surface area contributed by atoms with Crippen molar-refractivity contribution in [2.45, 2.75) is 180 Å². The summed E-state index contributed by atoms with van der Waals surface area (Å²) in [6.45, 7) is 17.1. The predicted molar refractivity (Wildman–Crippen MR) is 199 cm³/mol. The molecule has 6 fully saturated rings. The average Bonchev–Trinajstić information content (AvgIpc) is 3.49. The van der Waals surface area contributed by atoms with Crippen molar-refractivity contribution in [3.05, 3.63) is 23.3 Å². The van der Waals surface area contributed by atoms with Gasteiger partial charge < -0.3 is 59.8 Å². The summed E-state index contributed by atoms with van der Waals surface area (Å²) >= 11 is 0. The van der Waals surface area contributed by atoms with Gasteiger partial charge in [0.2, 0.25) is 0 Å². The maximum absolute atomic E-state index is 12.1. The van der Waals surface area contributed by atoms with E-state index in [0.717, 1.165) is 44.9 Å². The molecule has 0 unspecified atom stereocenters. The van der Waals surface area contributed by atoms with Crippen LogP contribution >= 0.6 is 0 Å². The van der Waals surface area contributed by atoms with Crippen LogP contribution in [0.15, 0.2) is 23.3 Å². The van der Waals surface area contributed by atoms with Crippen molar-refractivity contribution in [2.24, 2.45) is 45.3 Å². The third kappa shape index (κ3) is 6.89. The van der Waals surface area contributed by atoms with Gasteiger partial charge >= 0.3 is 0 Å². The lowest BCUT2D eigenvalue weighted by Crippen LogP contribution is -2.67. The molecule has 0 aromatic carbocycles. The van der Waals surface area contributed by atoms with Crippen LogP contribution in [0.2, 0.25) is 0 Å². The molecule has 0 spiro atoms. The Hall–Kier alpha value is -1.00. The van der Waals surface area contributed by atoms with E-state index < -0.39 is 80.0 Å². The van der Waals surface area contributed by atoms with Crippen LogP contribution in [0.3, 0.4) is 0 Å². The van der Waals surface area contributed by atoms with Gasteiger partial charge in [-0.05, 0) is 117 Å². The highest BCUT2D eigenvalue weighted by atomic mass is 16.8. The van der Waals surface area contributed by atoms with Gasteiger partial charge in [-0.2, -0.15) is 0 Å². The van der Waals surface area contributed by atoms with Crippen LogP contribution < -0.4 is 0 Å². The van der Waals surface area contributed by atoms with Gasteiger partial charge in [0.15, 0.2) is 12.6 Å². The first-order valence-corrected chi connectivity index (χ1v) is 20.5. The number of allylic oxidation sites excluding steroid dienone is 4. The summed E-state index contributed by atoms with van der Waals surface area (Å²) in [7, 11) is 0. The Morgan fingerprint density at radius 3 is 1.91 bits per heavy atom. The number of rotatable bonds is 9. The maximum Gasteiger partial charge on any atom is 0.187 e. The number of aliphatic hydroxyl groups is 8. The second kappa shape index (κ2) is 15.6. The molecule has 12 nitrogen and oxygen atoms in total. The summed E-state index contributed by atoms with van der Waals surface area (Å²) in [5.74, 6) is 1.14. The molecule has 2 aliphatic heterocycles. The number of fused-ring (bicyclic) bond motifs is 5. The first kappa shape index (κ1) is 42.6. The first-order valence-electron chi connectivity index (χ1n) is 20.5. The summed E-state index contributed by atoms with van der Waals surface area (Å²) < 4.78 is 24.4. The van der Waals surface area contributed by atoms with Crippen LogP contribution in [0.4, 0.5) is 0 Å². The molecule has 0 radical (unpaired) electrons. The van der Waals surface area contributed by atoms with Gasteiger partial charge in [-0.15, -0.1) is 0 Å². The van der Waals surface area contributed by atoms with Crippen LogP contribution in [0.25, 0.3) is 0 Å². The predicted octanol–water partition coefficient (Wildman–Crippen LogP) is 2.95. The van der Waals surface area contributed by atoms with Crippen molar-refractivity contribution in [1.82, 2.24) is 0 Å². The quantitative estimate of drug-likeness (QED) is 0.126. The van der Waals surface area contributed by atoms with E-state index in [1.807, 2.05) is 0 Å². The minimum atomic E-state index is -1.74. The molecule has 54 heavy (non-hydrogen) atoms. The second-order valence-corrected chi connectivity index (χ2v) is 19.4. The lowest BCUT2D eigenvalue weighted by Gasteiger charge is -2.70. The van der Waals surface area contributed by atoms with E-state index in [0.29, 0.717) is 18.3 Å². The fraction of sp³-hybridized carbons (Fsp3) is 0.905. The summed E-state index contributed by atoms with van der Waals surface area (Å²) in [4.78, 5) is 0. The number of hydrogen-bond donors (Lipinski definition) is 8. The van der Waals surface area contributed by atoms with E-state index in [2.05, 4.69) is 67.5 Å². The van der Waals surface area contributed by atoms with Gasteiger partial charge in [-0.25, -0.2) is 0 Å². The van der Waals surface area contributed by atoms with Gasteiger partial charge in [0.05, 0.1) is 25.4 Å². The molecule has 19 atom stereocenters. The maximum atomic E-state index is 12.1. The highest BCUT2D eigenvalue weighted by Crippen LogP contribution is 2.75. The zero-order chi connectivity index (χ0) is 39.7. The summed E-state index contributed by atoms with van der Waals surface area (Å²) in [6.07, 6.45) is -3.65. The Labute approximate surface area is 321 Å². The third-order valence-electron chi connectivity index (χ3n) is 16.1. The van der Waals surface area contributed by atoms with Crippen molar-refractivity contribution in [3.8, 4) is 0 Å². The molecule has 8 N–H and O–H groups in total. The Morgan fingerprint density at radius 1 is 0.667 bits per heavy atom. The molecule has 2 saturated heterocycles.